The second-order valence-electron chi connectivity index (χ2n) is 8.21. The van der Waals surface area contributed by atoms with E-state index in [9.17, 15) is 4.21 Å². The van der Waals surface area contributed by atoms with Crippen LogP contribution in [0.2, 0.25) is 0 Å². The maximum atomic E-state index is 10.9. The smallest absolute Gasteiger partial charge is 0.232 e. The first-order valence-electron chi connectivity index (χ1n) is 9.67. The van der Waals surface area contributed by atoms with Crippen LogP contribution in [-0.2, 0) is 29.8 Å². The topological polar surface area (TPSA) is 65.7 Å². The van der Waals surface area contributed by atoms with Gasteiger partial charge in [-0.2, -0.15) is 0 Å². The molecule has 1 saturated heterocycles. The van der Waals surface area contributed by atoms with E-state index in [1.807, 2.05) is 24.3 Å². The number of likely N-dealkylation sites (tertiary alicyclic amines) is 1. The molecule has 6 heteroatoms. The fourth-order valence-corrected chi connectivity index (χ4v) is 5.31. The number of piperidine rings is 1. The van der Waals surface area contributed by atoms with Crippen LogP contribution in [0.5, 0.6) is 0 Å². The van der Waals surface area contributed by atoms with Gasteiger partial charge in [-0.05, 0) is 35.1 Å². The minimum atomic E-state index is -1.98. The molecule has 2 aliphatic rings. The largest absolute Gasteiger partial charge is 0.460 e. The lowest BCUT2D eigenvalue weighted by Crippen LogP contribution is -2.28. The van der Waals surface area contributed by atoms with E-state index in [4.69, 9.17) is 8.97 Å². The normalized spacial score (nSPS) is 27.8. The Labute approximate surface area is 167 Å². The predicted octanol–water partition coefficient (Wildman–Crippen LogP) is 3.68. The van der Waals surface area contributed by atoms with E-state index < -0.39 is 11.3 Å². The molecule has 0 amide bonds. The fraction of sp³-hybridized carbons (Fsp3) is 0.364. The Hall–Kier alpha value is -1.99. The Balaban J connectivity index is 1.25. The number of hydrogen-bond donors (Lipinski definition) is 2. The van der Waals surface area contributed by atoms with Gasteiger partial charge in [0.05, 0.1) is 6.54 Å². The first-order chi connectivity index (χ1) is 13.5. The number of nitrogens with one attached hydrogen (secondary N) is 1. The molecule has 3 aromatic rings. The minimum absolute atomic E-state index is 0.207. The number of fused-ring (bicyclic) bond motifs is 2. The summed E-state index contributed by atoms with van der Waals surface area (Å²) in [6.45, 7) is 5.80. The summed E-state index contributed by atoms with van der Waals surface area (Å²) in [7, 11) is 0. The number of para-hydroxylation sites is 1. The highest BCUT2D eigenvalue weighted by Crippen LogP contribution is 2.63. The second-order valence-corrected chi connectivity index (χ2v) is 9.00. The van der Waals surface area contributed by atoms with Crippen molar-refractivity contribution >= 4 is 22.2 Å². The average Bonchev–Trinajstić information content (AvgIpc) is 3.06. The third-order valence-electron chi connectivity index (χ3n) is 6.63. The van der Waals surface area contributed by atoms with Gasteiger partial charge in [-0.3, -0.25) is 9.45 Å². The van der Waals surface area contributed by atoms with E-state index in [0.29, 0.717) is 18.4 Å². The van der Waals surface area contributed by atoms with E-state index in [1.54, 1.807) is 0 Å². The predicted molar refractivity (Wildman–Crippen MR) is 110 cm³/mol. The summed E-state index contributed by atoms with van der Waals surface area (Å²) in [5, 5.41) is 1.17. The first-order valence-corrected chi connectivity index (χ1v) is 10.8. The van der Waals surface area contributed by atoms with Gasteiger partial charge in [0, 0.05) is 30.4 Å². The number of furan rings is 1. The molecular formula is C22H24N2O3S. The van der Waals surface area contributed by atoms with Crippen molar-refractivity contribution in [3.05, 3.63) is 71.5 Å². The Bertz CT molecular complexity index is 1000. The molecule has 2 fully saturated rings. The van der Waals surface area contributed by atoms with Gasteiger partial charge in [0.25, 0.3) is 0 Å². The fourth-order valence-electron chi connectivity index (χ4n) is 5.02. The van der Waals surface area contributed by atoms with Crippen molar-refractivity contribution < 1.29 is 13.2 Å². The lowest BCUT2D eigenvalue weighted by Gasteiger charge is -2.24. The molecule has 0 radical (unpaired) electrons. The Kier molecular flexibility index (Phi) is 4.39. The van der Waals surface area contributed by atoms with Gasteiger partial charge < -0.3 is 4.42 Å². The Morgan fingerprint density at radius 1 is 1.18 bits per heavy atom. The molecule has 1 aliphatic heterocycles. The molecule has 5 rings (SSSR count). The third-order valence-corrected chi connectivity index (χ3v) is 7.02. The molecule has 28 heavy (non-hydrogen) atoms. The zero-order valence-corrected chi connectivity index (χ0v) is 16.6. The molecule has 1 aliphatic carbocycles. The number of benzene rings is 2. The second kappa shape index (κ2) is 6.81. The quantitative estimate of drug-likeness (QED) is 0.624. The molecule has 1 saturated carbocycles. The van der Waals surface area contributed by atoms with Crippen LogP contribution in [0, 0.1) is 11.8 Å². The van der Waals surface area contributed by atoms with Gasteiger partial charge in [0.2, 0.25) is 11.3 Å². The monoisotopic (exact) mass is 396 g/mol. The molecule has 5 nitrogen and oxygen atoms in total. The van der Waals surface area contributed by atoms with Crippen LogP contribution in [0.3, 0.4) is 0 Å². The van der Waals surface area contributed by atoms with Gasteiger partial charge in [-0.1, -0.05) is 49.4 Å². The molecule has 1 aromatic heterocycles. The minimum Gasteiger partial charge on any atom is -0.460 e. The summed E-state index contributed by atoms with van der Waals surface area (Å²) in [5.74, 6) is 2.36. The van der Waals surface area contributed by atoms with Crippen LogP contribution < -0.4 is 4.72 Å². The SMILES string of the molecule is CC1(c2cccc(CNS(=O)O)c2)C2CN(Cc3cc4ccccc4o3)CC21. The standard InChI is InChI=1S/C22H24N2O3S/c1-22(17-7-4-5-15(9-17)11-23-28(25)26)19-13-24(14-20(19)22)12-18-10-16-6-2-3-8-21(16)27-18/h2-10,19-20,23H,11-14H2,1H3,(H,25,26). The van der Waals surface area contributed by atoms with Crippen molar-refractivity contribution in [2.24, 2.45) is 11.8 Å². The van der Waals surface area contributed by atoms with Gasteiger partial charge in [0.1, 0.15) is 11.3 Å². The van der Waals surface area contributed by atoms with E-state index >= 15 is 0 Å². The Morgan fingerprint density at radius 2 is 1.96 bits per heavy atom. The molecule has 0 bridgehead atoms. The summed E-state index contributed by atoms with van der Waals surface area (Å²) in [6.07, 6.45) is 0. The van der Waals surface area contributed by atoms with Crippen LogP contribution in [-0.4, -0.2) is 26.8 Å². The van der Waals surface area contributed by atoms with Crippen molar-refractivity contribution in [1.29, 1.82) is 0 Å². The molecule has 146 valence electrons. The first kappa shape index (κ1) is 18.1. The van der Waals surface area contributed by atoms with Crippen molar-refractivity contribution in [3.8, 4) is 0 Å². The molecule has 2 N–H and O–H groups in total. The van der Waals surface area contributed by atoms with Crippen molar-refractivity contribution in [1.82, 2.24) is 9.62 Å². The number of hydrogen-bond acceptors (Lipinski definition) is 3. The molecule has 3 atom stereocenters. The zero-order chi connectivity index (χ0) is 19.3. The van der Waals surface area contributed by atoms with Gasteiger partial charge >= 0.3 is 0 Å². The summed E-state index contributed by atoms with van der Waals surface area (Å²) in [6, 6.07) is 18.7. The third kappa shape index (κ3) is 3.10. The summed E-state index contributed by atoms with van der Waals surface area (Å²) in [5.41, 5.74) is 3.55. The molecule has 3 unspecified atom stereocenters. The highest BCUT2D eigenvalue weighted by Gasteiger charge is 2.65. The highest BCUT2D eigenvalue weighted by atomic mass is 32.2. The van der Waals surface area contributed by atoms with Gasteiger partial charge in [0.15, 0.2) is 0 Å². The van der Waals surface area contributed by atoms with Gasteiger partial charge in [-0.15, -0.1) is 0 Å². The molecular weight excluding hydrogens is 372 g/mol. The van der Waals surface area contributed by atoms with E-state index in [-0.39, 0.29) is 5.41 Å². The molecule has 2 aromatic carbocycles. The van der Waals surface area contributed by atoms with Crippen LogP contribution in [0.4, 0.5) is 0 Å². The lowest BCUT2D eigenvalue weighted by atomic mass is 9.91. The number of nitrogens with zero attached hydrogens (tertiary/aromatic N) is 1. The van der Waals surface area contributed by atoms with E-state index in [1.165, 1.54) is 10.9 Å². The van der Waals surface area contributed by atoms with Gasteiger partial charge in [-0.25, -0.2) is 8.93 Å². The Morgan fingerprint density at radius 3 is 2.71 bits per heavy atom. The highest BCUT2D eigenvalue weighted by molar-refractivity contribution is 7.77. The summed E-state index contributed by atoms with van der Waals surface area (Å²) >= 11 is -1.98. The van der Waals surface area contributed by atoms with Crippen LogP contribution in [0.15, 0.2) is 59.0 Å². The average molecular weight is 397 g/mol. The van der Waals surface area contributed by atoms with Crippen molar-refractivity contribution in [3.63, 3.8) is 0 Å². The summed E-state index contributed by atoms with van der Waals surface area (Å²) < 4.78 is 28.3. The molecule has 0 spiro atoms. The van der Waals surface area contributed by atoms with Crippen molar-refractivity contribution in [2.75, 3.05) is 13.1 Å². The molecule has 2 heterocycles. The van der Waals surface area contributed by atoms with Crippen LogP contribution in [0.1, 0.15) is 23.8 Å². The van der Waals surface area contributed by atoms with E-state index in [2.05, 4.69) is 46.9 Å². The van der Waals surface area contributed by atoms with Crippen molar-refractivity contribution in [2.45, 2.75) is 25.4 Å². The zero-order valence-electron chi connectivity index (χ0n) is 15.8. The number of rotatable bonds is 6. The maximum absolute atomic E-state index is 10.9. The maximum Gasteiger partial charge on any atom is 0.232 e. The summed E-state index contributed by atoms with van der Waals surface area (Å²) in [4.78, 5) is 2.50. The lowest BCUT2D eigenvalue weighted by molar-refractivity contribution is 0.251. The van der Waals surface area contributed by atoms with Crippen LogP contribution in [0.25, 0.3) is 11.0 Å². The van der Waals surface area contributed by atoms with Crippen LogP contribution >= 0.6 is 0 Å². The van der Waals surface area contributed by atoms with E-state index in [0.717, 1.165) is 36.5 Å².